The van der Waals surface area contributed by atoms with Crippen molar-refractivity contribution in [3.8, 4) is 0 Å². The van der Waals surface area contributed by atoms with Crippen LogP contribution in [-0.2, 0) is 0 Å². The average molecular weight is 361 g/mol. The minimum Gasteiger partial charge on any atom is -0.276 e. The van der Waals surface area contributed by atoms with Crippen LogP contribution in [0.2, 0.25) is 0 Å². The van der Waals surface area contributed by atoms with E-state index < -0.39 is 10.5 Å². The van der Waals surface area contributed by atoms with Crippen LogP contribution in [0, 0.1) is 0 Å². The van der Waals surface area contributed by atoms with Gasteiger partial charge in [-0.15, -0.1) is 0 Å². The molecule has 0 atom stereocenters. The molecule has 14 heavy (non-hydrogen) atoms. The van der Waals surface area contributed by atoms with Gasteiger partial charge in [0.15, 0.2) is 0 Å². The molecule has 0 aliphatic rings. The minimum absolute atomic E-state index is 0.207. The Morgan fingerprint density at radius 3 is 1.57 bits per heavy atom. The highest BCUT2D eigenvalue weighted by Crippen LogP contribution is 2.28. The summed E-state index contributed by atoms with van der Waals surface area (Å²) in [6.07, 6.45) is 0. The van der Waals surface area contributed by atoms with Gasteiger partial charge >= 0.3 is 0 Å². The first-order chi connectivity index (χ1) is 6.43. The molecule has 1 aromatic rings. The molecule has 0 heterocycles. The molecule has 2 nitrogen and oxygen atoms in total. The van der Waals surface area contributed by atoms with Crippen molar-refractivity contribution in [3.05, 3.63) is 32.2 Å². The van der Waals surface area contributed by atoms with Gasteiger partial charge in [0.05, 0.1) is 0 Å². The molecule has 74 valence electrons. The lowest BCUT2D eigenvalue weighted by Gasteiger charge is -2.03. The van der Waals surface area contributed by atoms with E-state index in [0.717, 1.165) is 0 Å². The lowest BCUT2D eigenvalue weighted by molar-refractivity contribution is 0.107. The number of rotatable bonds is 2. The number of hydrogen-bond acceptors (Lipinski definition) is 2. The second-order valence-electron chi connectivity index (χ2n) is 2.36. The topological polar surface area (TPSA) is 34.1 Å². The van der Waals surface area contributed by atoms with E-state index in [0.29, 0.717) is 8.95 Å². The molecule has 1 aromatic carbocycles. The van der Waals surface area contributed by atoms with Gasteiger partial charge in [0.2, 0.25) is 0 Å². The molecule has 1 rings (SSSR count). The van der Waals surface area contributed by atoms with Gasteiger partial charge in [-0.1, -0.05) is 0 Å². The van der Waals surface area contributed by atoms with Gasteiger partial charge in [-0.05, 0) is 67.2 Å². The van der Waals surface area contributed by atoms with Gasteiger partial charge in [0, 0.05) is 20.1 Å². The maximum Gasteiger partial charge on any atom is 0.253 e. The Hall–Kier alpha value is 0.1000. The molecule has 0 amide bonds. The first-order valence-corrected chi connectivity index (χ1v) is 5.66. The monoisotopic (exact) mass is 358 g/mol. The quantitative estimate of drug-likeness (QED) is 0.748. The molecule has 0 N–H and O–H groups in total. The average Bonchev–Trinajstić information content (AvgIpc) is 2.02. The van der Waals surface area contributed by atoms with Crippen LogP contribution in [0.15, 0.2) is 21.1 Å². The Morgan fingerprint density at radius 1 is 0.929 bits per heavy atom. The van der Waals surface area contributed by atoms with Crippen LogP contribution in [0.1, 0.15) is 20.7 Å². The summed E-state index contributed by atoms with van der Waals surface area (Å²) in [7, 11) is 0. The lowest BCUT2D eigenvalue weighted by Crippen LogP contribution is -1.97. The van der Waals surface area contributed by atoms with Crippen molar-refractivity contribution >= 4 is 65.5 Å². The second-order valence-corrected chi connectivity index (χ2v) is 4.75. The fourth-order valence-corrected chi connectivity index (χ4v) is 2.75. The van der Waals surface area contributed by atoms with Crippen LogP contribution < -0.4 is 0 Å². The Morgan fingerprint density at radius 2 is 1.29 bits per heavy atom. The number of benzene rings is 1. The van der Waals surface area contributed by atoms with Crippen molar-refractivity contribution in [2.75, 3.05) is 0 Å². The predicted molar refractivity (Wildman–Crippen MR) is 62.2 cm³/mol. The SMILES string of the molecule is O=C(Cl)c1cc(C(=O)Cl)c(Br)cc1Br. The van der Waals surface area contributed by atoms with E-state index in [-0.39, 0.29) is 11.1 Å². The molecule has 0 aliphatic carbocycles. The highest BCUT2D eigenvalue weighted by atomic mass is 79.9. The number of carbonyl (C=O) groups is 2. The van der Waals surface area contributed by atoms with Crippen LogP contribution in [0.5, 0.6) is 0 Å². The van der Waals surface area contributed by atoms with Crippen molar-refractivity contribution in [2.45, 2.75) is 0 Å². The molecule has 0 aromatic heterocycles. The predicted octanol–water partition coefficient (Wildman–Crippen LogP) is 3.97. The van der Waals surface area contributed by atoms with Crippen LogP contribution >= 0.6 is 55.1 Å². The summed E-state index contributed by atoms with van der Waals surface area (Å²) in [6, 6.07) is 2.88. The summed E-state index contributed by atoms with van der Waals surface area (Å²) in [5.41, 5.74) is 0.415. The molecule has 0 spiro atoms. The molecule has 0 saturated carbocycles. The second kappa shape index (κ2) is 4.75. The summed E-state index contributed by atoms with van der Waals surface area (Å²) in [5, 5.41) is -1.30. The highest BCUT2D eigenvalue weighted by Gasteiger charge is 2.14. The summed E-state index contributed by atoms with van der Waals surface area (Å²) in [5.74, 6) is 0. The number of halogens is 4. The third kappa shape index (κ3) is 2.57. The van der Waals surface area contributed by atoms with Gasteiger partial charge in [0.25, 0.3) is 10.5 Å². The summed E-state index contributed by atoms with van der Waals surface area (Å²) >= 11 is 16.9. The minimum atomic E-state index is -0.649. The van der Waals surface area contributed by atoms with Crippen molar-refractivity contribution < 1.29 is 9.59 Å². The molecular formula is C8H2Br2Cl2O2. The van der Waals surface area contributed by atoms with E-state index in [1.54, 1.807) is 6.07 Å². The van der Waals surface area contributed by atoms with E-state index in [1.807, 2.05) is 0 Å². The Bertz CT molecular complexity index is 383. The van der Waals surface area contributed by atoms with Crippen molar-refractivity contribution in [2.24, 2.45) is 0 Å². The molecule has 0 saturated heterocycles. The third-order valence-corrected chi connectivity index (χ3v) is 3.20. The number of hydrogen-bond donors (Lipinski definition) is 0. The molecule has 0 fully saturated rings. The van der Waals surface area contributed by atoms with E-state index in [4.69, 9.17) is 23.2 Å². The van der Waals surface area contributed by atoms with E-state index in [1.165, 1.54) is 6.07 Å². The van der Waals surface area contributed by atoms with Gasteiger partial charge < -0.3 is 0 Å². The third-order valence-electron chi connectivity index (χ3n) is 1.48. The molecule has 6 heteroatoms. The lowest BCUT2D eigenvalue weighted by atomic mass is 10.1. The van der Waals surface area contributed by atoms with Gasteiger partial charge in [0.1, 0.15) is 0 Å². The molecular weight excluding hydrogens is 359 g/mol. The molecule has 0 bridgehead atoms. The maximum atomic E-state index is 10.9. The Kier molecular flexibility index (Phi) is 4.13. The standard InChI is InChI=1S/C8H2Br2Cl2O2/c9-5-2-6(10)4(8(12)14)1-3(5)7(11)13/h1-2H. The van der Waals surface area contributed by atoms with E-state index >= 15 is 0 Å². The van der Waals surface area contributed by atoms with Crippen molar-refractivity contribution in [1.29, 1.82) is 0 Å². The largest absolute Gasteiger partial charge is 0.276 e. The zero-order valence-electron chi connectivity index (χ0n) is 6.48. The fraction of sp³-hybridized carbons (Fsp3) is 0. The summed E-state index contributed by atoms with van der Waals surface area (Å²) < 4.78 is 1.01. The maximum absolute atomic E-state index is 10.9. The van der Waals surface area contributed by atoms with Gasteiger partial charge in [-0.2, -0.15) is 0 Å². The zero-order valence-corrected chi connectivity index (χ0v) is 11.2. The number of carbonyl (C=O) groups excluding carboxylic acids is 2. The van der Waals surface area contributed by atoms with Gasteiger partial charge in [-0.3, -0.25) is 9.59 Å². The Labute approximate surface area is 107 Å². The van der Waals surface area contributed by atoms with Crippen LogP contribution in [0.3, 0.4) is 0 Å². The first kappa shape index (κ1) is 12.2. The molecule has 0 unspecified atom stereocenters. The summed E-state index contributed by atoms with van der Waals surface area (Å²) in [6.45, 7) is 0. The van der Waals surface area contributed by atoms with Crippen LogP contribution in [-0.4, -0.2) is 10.5 Å². The van der Waals surface area contributed by atoms with Gasteiger partial charge in [-0.25, -0.2) is 0 Å². The fourth-order valence-electron chi connectivity index (χ4n) is 0.850. The van der Waals surface area contributed by atoms with Crippen LogP contribution in [0.25, 0.3) is 0 Å². The Balaban J connectivity index is 3.42. The molecule has 0 radical (unpaired) electrons. The van der Waals surface area contributed by atoms with E-state index in [9.17, 15) is 9.59 Å². The zero-order chi connectivity index (χ0) is 10.9. The van der Waals surface area contributed by atoms with Crippen LogP contribution in [0.4, 0.5) is 0 Å². The summed E-state index contributed by atoms with van der Waals surface area (Å²) in [4.78, 5) is 21.8. The van der Waals surface area contributed by atoms with E-state index in [2.05, 4.69) is 31.9 Å². The normalized spacial score (nSPS) is 10.0. The van der Waals surface area contributed by atoms with Crippen molar-refractivity contribution in [1.82, 2.24) is 0 Å². The smallest absolute Gasteiger partial charge is 0.253 e. The molecule has 0 aliphatic heterocycles. The highest BCUT2D eigenvalue weighted by molar-refractivity contribution is 9.11. The first-order valence-electron chi connectivity index (χ1n) is 3.32. The van der Waals surface area contributed by atoms with Crippen molar-refractivity contribution in [3.63, 3.8) is 0 Å².